The predicted octanol–water partition coefficient (Wildman–Crippen LogP) is 3.86. The van der Waals surface area contributed by atoms with Crippen molar-refractivity contribution >= 4 is 12.0 Å². The van der Waals surface area contributed by atoms with E-state index in [2.05, 4.69) is 36.5 Å². The van der Waals surface area contributed by atoms with Crippen molar-refractivity contribution in [2.75, 3.05) is 26.2 Å². The van der Waals surface area contributed by atoms with Crippen LogP contribution in [0, 0.1) is 5.92 Å². The van der Waals surface area contributed by atoms with E-state index in [4.69, 9.17) is 4.84 Å². The average molecular weight is 414 g/mol. The van der Waals surface area contributed by atoms with E-state index in [-0.39, 0.29) is 23.8 Å². The van der Waals surface area contributed by atoms with Crippen LogP contribution in [0.1, 0.15) is 68.9 Å². The highest BCUT2D eigenvalue weighted by atomic mass is 16.7. The van der Waals surface area contributed by atoms with Crippen molar-refractivity contribution in [3.63, 3.8) is 0 Å². The van der Waals surface area contributed by atoms with Gasteiger partial charge >= 0.3 is 6.09 Å². The first-order valence-corrected chi connectivity index (χ1v) is 11.7. The number of hydrogen-bond donors (Lipinski definition) is 1. The minimum Gasteiger partial charge on any atom is -0.351 e. The summed E-state index contributed by atoms with van der Waals surface area (Å²) in [5.41, 5.74) is 2.56. The van der Waals surface area contributed by atoms with E-state index in [0.29, 0.717) is 6.54 Å². The highest BCUT2D eigenvalue weighted by Gasteiger charge is 2.35. The van der Waals surface area contributed by atoms with Crippen LogP contribution in [0.25, 0.3) is 0 Å². The van der Waals surface area contributed by atoms with Crippen molar-refractivity contribution in [1.82, 2.24) is 15.3 Å². The van der Waals surface area contributed by atoms with Gasteiger partial charge in [-0.1, -0.05) is 44.0 Å². The van der Waals surface area contributed by atoms with E-state index < -0.39 is 6.09 Å². The van der Waals surface area contributed by atoms with Gasteiger partial charge in [0.1, 0.15) is 0 Å². The Kier molecular flexibility index (Phi) is 6.93. The number of aryl methyl sites for hydroxylation is 1. The molecule has 2 heterocycles. The van der Waals surface area contributed by atoms with Crippen LogP contribution in [0.4, 0.5) is 4.79 Å². The quantitative estimate of drug-likeness (QED) is 0.796. The Morgan fingerprint density at radius 2 is 1.73 bits per heavy atom. The molecule has 0 aromatic heterocycles. The van der Waals surface area contributed by atoms with Crippen LogP contribution in [0.2, 0.25) is 0 Å². The predicted molar refractivity (Wildman–Crippen MR) is 116 cm³/mol. The molecule has 2 atom stereocenters. The molecule has 2 aliphatic heterocycles. The normalized spacial score (nSPS) is 25.4. The minimum absolute atomic E-state index is 0.0879. The third kappa shape index (κ3) is 5.15. The molecule has 2 unspecified atom stereocenters. The van der Waals surface area contributed by atoms with E-state index in [0.717, 1.165) is 71.0 Å². The number of rotatable bonds is 5. The summed E-state index contributed by atoms with van der Waals surface area (Å²) >= 11 is 0. The second kappa shape index (κ2) is 9.82. The molecule has 6 heteroatoms. The lowest BCUT2D eigenvalue weighted by atomic mass is 9.87. The fourth-order valence-electron chi connectivity index (χ4n) is 5.17. The van der Waals surface area contributed by atoms with E-state index >= 15 is 0 Å². The Balaban J connectivity index is 1.45. The molecule has 2 saturated heterocycles. The van der Waals surface area contributed by atoms with E-state index in [1.807, 2.05) is 4.90 Å². The second-order valence-corrected chi connectivity index (χ2v) is 9.11. The summed E-state index contributed by atoms with van der Waals surface area (Å²) in [7, 11) is 0. The molecule has 0 radical (unpaired) electrons. The van der Waals surface area contributed by atoms with Gasteiger partial charge in [0, 0.05) is 38.0 Å². The highest BCUT2D eigenvalue weighted by Crippen LogP contribution is 2.32. The lowest BCUT2D eigenvalue weighted by Gasteiger charge is -2.39. The number of nitrogens with zero attached hydrogens (tertiary/aromatic N) is 2. The Morgan fingerprint density at radius 1 is 1.03 bits per heavy atom. The first kappa shape index (κ1) is 21.2. The summed E-state index contributed by atoms with van der Waals surface area (Å²) in [6.07, 6.45) is 7.88. The Labute approximate surface area is 179 Å². The Morgan fingerprint density at radius 3 is 2.40 bits per heavy atom. The number of hydroxylamine groups is 2. The lowest BCUT2D eigenvalue weighted by Crippen LogP contribution is -2.53. The van der Waals surface area contributed by atoms with E-state index in [9.17, 15) is 9.59 Å². The number of amides is 2. The second-order valence-electron chi connectivity index (χ2n) is 9.11. The molecular formula is C24H35N3O3. The fourth-order valence-corrected chi connectivity index (χ4v) is 5.17. The van der Waals surface area contributed by atoms with E-state index in [1.165, 1.54) is 11.1 Å². The van der Waals surface area contributed by atoms with Gasteiger partial charge < -0.3 is 15.1 Å². The summed E-state index contributed by atoms with van der Waals surface area (Å²) in [4.78, 5) is 33.1. The summed E-state index contributed by atoms with van der Waals surface area (Å²) in [6.45, 7) is 5.07. The molecule has 6 nitrogen and oxygen atoms in total. The zero-order chi connectivity index (χ0) is 20.9. The number of carbonyl (C=O) groups excluding carboxylic acids is 2. The first-order chi connectivity index (χ1) is 14.6. The smallest absolute Gasteiger partial charge is 0.351 e. The number of piperidine rings is 1. The minimum atomic E-state index is -0.392. The number of benzene rings is 1. The maximum Gasteiger partial charge on any atom is 0.426 e. The number of hydrogen-bond acceptors (Lipinski definition) is 4. The maximum absolute atomic E-state index is 13.2. The Hall–Kier alpha value is -2.08. The van der Waals surface area contributed by atoms with Gasteiger partial charge in [-0.25, -0.2) is 4.79 Å². The molecular weight excluding hydrogens is 378 g/mol. The summed E-state index contributed by atoms with van der Waals surface area (Å²) < 4.78 is 0. The maximum atomic E-state index is 13.2. The SMILES string of the molecule is CCc1ccc(C2CC(NC(=O)ON3CCCC3)CN(C(=O)C3CCCC3)C2)cc1. The standard InChI is InChI=1S/C24H35N3O3/c1-2-18-9-11-19(12-10-18)21-15-22(25-24(29)30-27-13-5-6-14-27)17-26(16-21)23(28)20-7-3-4-8-20/h9-12,20-22H,2-8,13-17H2,1H3,(H,25,29). The van der Waals surface area contributed by atoms with Crippen LogP contribution >= 0.6 is 0 Å². The van der Waals surface area contributed by atoms with Gasteiger partial charge in [0.15, 0.2) is 0 Å². The van der Waals surface area contributed by atoms with Gasteiger partial charge in [0.05, 0.1) is 6.04 Å². The van der Waals surface area contributed by atoms with Gasteiger partial charge in [-0.2, -0.15) is 0 Å². The molecule has 0 spiro atoms. The molecule has 3 fully saturated rings. The van der Waals surface area contributed by atoms with Crippen molar-refractivity contribution in [2.24, 2.45) is 5.92 Å². The largest absolute Gasteiger partial charge is 0.426 e. The number of likely N-dealkylation sites (tertiary alicyclic amines) is 1. The van der Waals surface area contributed by atoms with Crippen LogP contribution in [0.5, 0.6) is 0 Å². The fraction of sp³-hybridized carbons (Fsp3) is 0.667. The van der Waals surface area contributed by atoms with Crippen LogP contribution in [-0.4, -0.2) is 54.2 Å². The van der Waals surface area contributed by atoms with Crippen LogP contribution in [-0.2, 0) is 16.1 Å². The van der Waals surface area contributed by atoms with Crippen LogP contribution in [0.3, 0.4) is 0 Å². The molecule has 1 saturated carbocycles. The molecule has 4 rings (SSSR count). The number of carbonyl (C=O) groups is 2. The molecule has 2 amide bonds. The monoisotopic (exact) mass is 413 g/mol. The molecule has 1 aromatic carbocycles. The van der Waals surface area contributed by atoms with Gasteiger partial charge in [0.2, 0.25) is 5.91 Å². The van der Waals surface area contributed by atoms with Gasteiger partial charge in [-0.3, -0.25) is 4.79 Å². The molecule has 0 bridgehead atoms. The lowest BCUT2D eigenvalue weighted by molar-refractivity contribution is -0.137. The van der Waals surface area contributed by atoms with Gasteiger partial charge in [-0.05, 0) is 49.7 Å². The Bertz CT molecular complexity index is 724. The van der Waals surface area contributed by atoms with Gasteiger partial charge in [0.25, 0.3) is 0 Å². The van der Waals surface area contributed by atoms with E-state index in [1.54, 1.807) is 5.06 Å². The van der Waals surface area contributed by atoms with Crippen molar-refractivity contribution in [1.29, 1.82) is 0 Å². The highest BCUT2D eigenvalue weighted by molar-refractivity contribution is 5.79. The first-order valence-electron chi connectivity index (χ1n) is 11.7. The zero-order valence-corrected chi connectivity index (χ0v) is 18.1. The molecule has 1 aromatic rings. The summed E-state index contributed by atoms with van der Waals surface area (Å²) in [6, 6.07) is 8.64. The molecule has 164 valence electrons. The van der Waals surface area contributed by atoms with Crippen molar-refractivity contribution < 1.29 is 14.4 Å². The van der Waals surface area contributed by atoms with Gasteiger partial charge in [-0.15, -0.1) is 5.06 Å². The number of nitrogens with one attached hydrogen (secondary N) is 1. The topological polar surface area (TPSA) is 61.9 Å². The van der Waals surface area contributed by atoms with Crippen LogP contribution < -0.4 is 5.32 Å². The van der Waals surface area contributed by atoms with Crippen molar-refractivity contribution in [2.45, 2.75) is 70.3 Å². The molecule has 30 heavy (non-hydrogen) atoms. The van der Waals surface area contributed by atoms with Crippen molar-refractivity contribution in [3.05, 3.63) is 35.4 Å². The molecule has 1 aliphatic carbocycles. The third-order valence-corrected chi connectivity index (χ3v) is 6.93. The van der Waals surface area contributed by atoms with Crippen molar-refractivity contribution in [3.8, 4) is 0 Å². The average Bonchev–Trinajstić information content (AvgIpc) is 3.47. The third-order valence-electron chi connectivity index (χ3n) is 6.93. The molecule has 1 N–H and O–H groups in total. The van der Waals surface area contributed by atoms with Crippen LogP contribution in [0.15, 0.2) is 24.3 Å². The summed E-state index contributed by atoms with van der Waals surface area (Å²) in [5, 5.41) is 4.78. The zero-order valence-electron chi connectivity index (χ0n) is 18.1. The summed E-state index contributed by atoms with van der Waals surface area (Å²) in [5.74, 6) is 0.651. The molecule has 3 aliphatic rings.